The molecule has 1 fully saturated rings. The van der Waals surface area contributed by atoms with Crippen LogP contribution in [0.4, 0.5) is 5.00 Å². The van der Waals surface area contributed by atoms with Crippen molar-refractivity contribution in [1.82, 2.24) is 0 Å². The molecule has 1 aromatic heterocycles. The summed E-state index contributed by atoms with van der Waals surface area (Å²) in [6, 6.07) is 0. The van der Waals surface area contributed by atoms with Crippen molar-refractivity contribution in [2.45, 2.75) is 60.5 Å². The summed E-state index contributed by atoms with van der Waals surface area (Å²) in [5.41, 5.74) is 1.52. The zero-order valence-electron chi connectivity index (χ0n) is 16.4. The van der Waals surface area contributed by atoms with Gasteiger partial charge in [0.25, 0.3) is 0 Å². The van der Waals surface area contributed by atoms with Crippen LogP contribution >= 0.6 is 11.3 Å². The Balaban J connectivity index is 1.89. The molecule has 1 saturated carbocycles. The average molecular weight is 380 g/mol. The highest BCUT2D eigenvalue weighted by Crippen LogP contribution is 2.56. The third-order valence-corrected chi connectivity index (χ3v) is 7.65. The van der Waals surface area contributed by atoms with E-state index in [-0.39, 0.29) is 28.6 Å². The number of carbonyl (C=O) groups excluding carboxylic acids is 2. The Bertz CT molecular complexity index is 720. The number of fused-ring (bicyclic) bond motifs is 1. The zero-order chi connectivity index (χ0) is 19.1. The smallest absolute Gasteiger partial charge is 0.341 e. The summed E-state index contributed by atoms with van der Waals surface area (Å²) in [5, 5.41) is 3.68. The molecule has 1 aliphatic heterocycles. The standard InChI is InChI=1S/C20H29NO4S/c1-6-25-18(23)15-12-8-10-24-11-14(12)26-17(15)21-16(22)13-7-9-19(2,3)20(13,4)5/h13H,6-11H2,1-5H3,(H,21,22). The summed E-state index contributed by atoms with van der Waals surface area (Å²) in [5.74, 6) is -0.415. The van der Waals surface area contributed by atoms with Crippen LogP contribution in [0, 0.1) is 16.7 Å². The molecule has 1 unspecified atom stereocenters. The number of carbonyl (C=O) groups is 2. The number of anilines is 1. The van der Waals surface area contributed by atoms with Crippen LogP contribution in [0.25, 0.3) is 0 Å². The number of ether oxygens (including phenoxy) is 2. The molecule has 2 aliphatic rings. The number of hydrogen-bond donors (Lipinski definition) is 1. The Morgan fingerprint density at radius 3 is 2.65 bits per heavy atom. The lowest BCUT2D eigenvalue weighted by molar-refractivity contribution is -0.123. The molecule has 1 N–H and O–H groups in total. The molecule has 0 bridgehead atoms. The van der Waals surface area contributed by atoms with Crippen LogP contribution in [0.15, 0.2) is 0 Å². The van der Waals surface area contributed by atoms with Gasteiger partial charge in [0.2, 0.25) is 5.91 Å². The van der Waals surface area contributed by atoms with Gasteiger partial charge in [0.05, 0.1) is 25.4 Å². The minimum Gasteiger partial charge on any atom is -0.462 e. The van der Waals surface area contributed by atoms with E-state index >= 15 is 0 Å². The zero-order valence-corrected chi connectivity index (χ0v) is 17.2. The lowest BCUT2D eigenvalue weighted by atomic mass is 9.67. The van der Waals surface area contributed by atoms with Gasteiger partial charge in [-0.05, 0) is 42.6 Å². The van der Waals surface area contributed by atoms with E-state index in [1.165, 1.54) is 11.3 Å². The number of thiophene rings is 1. The second kappa shape index (κ2) is 6.97. The molecule has 1 amide bonds. The molecule has 0 saturated heterocycles. The van der Waals surface area contributed by atoms with Crippen molar-refractivity contribution in [3.05, 3.63) is 16.0 Å². The fourth-order valence-corrected chi connectivity index (χ4v) is 5.23. The minimum atomic E-state index is -0.354. The quantitative estimate of drug-likeness (QED) is 0.788. The molecule has 0 spiro atoms. The normalized spacial score (nSPS) is 23.3. The molecule has 1 atom stereocenters. The van der Waals surface area contributed by atoms with E-state index in [1.807, 2.05) is 0 Å². The van der Waals surface area contributed by atoms with Crippen molar-refractivity contribution in [3.63, 3.8) is 0 Å². The Morgan fingerprint density at radius 1 is 1.31 bits per heavy atom. The number of amides is 1. The second-order valence-electron chi connectivity index (χ2n) is 8.42. The third-order valence-electron chi connectivity index (χ3n) is 6.53. The predicted molar refractivity (Wildman–Crippen MR) is 103 cm³/mol. The molecule has 0 aromatic carbocycles. The van der Waals surface area contributed by atoms with Gasteiger partial charge in [0.15, 0.2) is 0 Å². The van der Waals surface area contributed by atoms with Crippen molar-refractivity contribution in [1.29, 1.82) is 0 Å². The van der Waals surface area contributed by atoms with Gasteiger partial charge in [-0.15, -0.1) is 11.3 Å². The molecule has 2 heterocycles. The highest BCUT2D eigenvalue weighted by molar-refractivity contribution is 7.17. The van der Waals surface area contributed by atoms with Gasteiger partial charge in [0, 0.05) is 10.8 Å². The first-order valence-electron chi connectivity index (χ1n) is 9.39. The van der Waals surface area contributed by atoms with Crippen LogP contribution in [0.1, 0.15) is 68.3 Å². The Kier molecular flexibility index (Phi) is 5.19. The summed E-state index contributed by atoms with van der Waals surface area (Å²) >= 11 is 1.45. The maximum absolute atomic E-state index is 13.1. The predicted octanol–water partition coefficient (Wildman–Crippen LogP) is 4.40. The van der Waals surface area contributed by atoms with E-state index < -0.39 is 0 Å². The molecule has 144 valence electrons. The van der Waals surface area contributed by atoms with Crippen LogP contribution in [0.3, 0.4) is 0 Å². The maximum Gasteiger partial charge on any atom is 0.341 e. The van der Waals surface area contributed by atoms with Crippen molar-refractivity contribution in [3.8, 4) is 0 Å². The van der Waals surface area contributed by atoms with E-state index in [1.54, 1.807) is 6.92 Å². The van der Waals surface area contributed by atoms with Gasteiger partial charge in [-0.25, -0.2) is 4.79 Å². The summed E-state index contributed by atoms with van der Waals surface area (Å²) in [7, 11) is 0. The average Bonchev–Trinajstić information content (AvgIpc) is 3.02. The largest absolute Gasteiger partial charge is 0.462 e. The molecular formula is C20H29NO4S. The van der Waals surface area contributed by atoms with Gasteiger partial charge in [-0.1, -0.05) is 27.7 Å². The van der Waals surface area contributed by atoms with Gasteiger partial charge >= 0.3 is 5.97 Å². The van der Waals surface area contributed by atoms with Gasteiger partial charge in [-0.2, -0.15) is 0 Å². The Morgan fingerprint density at radius 2 is 2.04 bits per heavy atom. The number of nitrogens with one attached hydrogen (secondary N) is 1. The SMILES string of the molecule is CCOC(=O)c1c(NC(=O)C2CCC(C)(C)C2(C)C)sc2c1CCOC2. The lowest BCUT2D eigenvalue weighted by Crippen LogP contribution is -2.38. The second-order valence-corrected chi connectivity index (χ2v) is 9.52. The number of esters is 1. The molecule has 0 radical (unpaired) electrons. The topological polar surface area (TPSA) is 64.6 Å². The fraction of sp³-hybridized carbons (Fsp3) is 0.700. The van der Waals surface area contributed by atoms with Gasteiger partial charge in [-0.3, -0.25) is 4.79 Å². The minimum absolute atomic E-state index is 0.00522. The van der Waals surface area contributed by atoms with Crippen molar-refractivity contribution < 1.29 is 19.1 Å². The molecule has 26 heavy (non-hydrogen) atoms. The Hall–Kier alpha value is -1.40. The molecule has 3 rings (SSSR count). The first kappa shape index (κ1) is 19.4. The molecular weight excluding hydrogens is 350 g/mol. The molecule has 6 heteroatoms. The summed E-state index contributed by atoms with van der Waals surface area (Å²) in [6.07, 6.45) is 2.57. The van der Waals surface area contributed by atoms with Crippen LogP contribution in [-0.4, -0.2) is 25.1 Å². The van der Waals surface area contributed by atoms with Crippen molar-refractivity contribution in [2.75, 3.05) is 18.5 Å². The van der Waals surface area contributed by atoms with E-state index in [9.17, 15) is 9.59 Å². The van der Waals surface area contributed by atoms with E-state index in [0.29, 0.717) is 36.8 Å². The molecule has 1 aromatic rings. The van der Waals surface area contributed by atoms with Crippen LogP contribution in [0.5, 0.6) is 0 Å². The van der Waals surface area contributed by atoms with Gasteiger partial charge < -0.3 is 14.8 Å². The third kappa shape index (κ3) is 3.18. The van der Waals surface area contributed by atoms with E-state index in [4.69, 9.17) is 9.47 Å². The lowest BCUT2D eigenvalue weighted by Gasteiger charge is -2.38. The van der Waals surface area contributed by atoms with Crippen LogP contribution in [0.2, 0.25) is 0 Å². The maximum atomic E-state index is 13.1. The van der Waals surface area contributed by atoms with Crippen LogP contribution in [-0.2, 0) is 27.3 Å². The van der Waals surface area contributed by atoms with Crippen LogP contribution < -0.4 is 5.32 Å². The summed E-state index contributed by atoms with van der Waals surface area (Å²) in [6.45, 7) is 12.0. The summed E-state index contributed by atoms with van der Waals surface area (Å²) in [4.78, 5) is 26.6. The van der Waals surface area contributed by atoms with Gasteiger partial charge in [0.1, 0.15) is 5.00 Å². The fourth-order valence-electron chi connectivity index (χ4n) is 4.06. The molecule has 5 nitrogen and oxygen atoms in total. The summed E-state index contributed by atoms with van der Waals surface area (Å²) < 4.78 is 10.8. The number of hydrogen-bond acceptors (Lipinski definition) is 5. The van der Waals surface area contributed by atoms with E-state index in [0.717, 1.165) is 23.3 Å². The number of rotatable bonds is 4. The van der Waals surface area contributed by atoms with Crippen molar-refractivity contribution >= 4 is 28.2 Å². The highest BCUT2D eigenvalue weighted by atomic mass is 32.1. The van der Waals surface area contributed by atoms with Crippen molar-refractivity contribution in [2.24, 2.45) is 16.7 Å². The molecule has 1 aliphatic carbocycles. The monoisotopic (exact) mass is 379 g/mol. The Labute approximate surface area is 159 Å². The highest BCUT2D eigenvalue weighted by Gasteiger charge is 2.51. The van der Waals surface area contributed by atoms with E-state index in [2.05, 4.69) is 33.0 Å². The first-order valence-corrected chi connectivity index (χ1v) is 10.2. The first-order chi connectivity index (χ1) is 12.2.